The SMILES string of the molecule is [O-]c1ccc(N(O)c2ccc(O)cc2)cc1. The predicted molar refractivity (Wildman–Crippen MR) is 57.9 cm³/mol. The average molecular weight is 216 g/mol. The largest absolute Gasteiger partial charge is 0.872 e. The van der Waals surface area contributed by atoms with Crippen LogP contribution in [0.15, 0.2) is 48.5 Å². The van der Waals surface area contributed by atoms with Crippen molar-refractivity contribution in [3.8, 4) is 11.5 Å². The maximum Gasteiger partial charge on any atom is 0.115 e. The molecule has 0 aliphatic carbocycles. The van der Waals surface area contributed by atoms with E-state index in [9.17, 15) is 10.3 Å². The molecule has 0 unspecified atom stereocenters. The lowest BCUT2D eigenvalue weighted by molar-refractivity contribution is -0.268. The summed E-state index contributed by atoms with van der Waals surface area (Å²) in [5.41, 5.74) is 1.00. The van der Waals surface area contributed by atoms with E-state index >= 15 is 0 Å². The van der Waals surface area contributed by atoms with Crippen LogP contribution in [0.3, 0.4) is 0 Å². The highest BCUT2D eigenvalue weighted by Crippen LogP contribution is 2.25. The van der Waals surface area contributed by atoms with Crippen LogP contribution in [0.5, 0.6) is 11.5 Å². The van der Waals surface area contributed by atoms with Crippen LogP contribution >= 0.6 is 0 Å². The van der Waals surface area contributed by atoms with Gasteiger partial charge in [-0.05, 0) is 36.4 Å². The Bertz CT molecular complexity index is 419. The molecule has 0 bridgehead atoms. The monoisotopic (exact) mass is 216 g/mol. The van der Waals surface area contributed by atoms with Crippen molar-refractivity contribution in [1.82, 2.24) is 0 Å². The normalized spacial score (nSPS) is 10.1. The number of nitrogens with zero attached hydrogens (tertiary/aromatic N) is 1. The van der Waals surface area contributed by atoms with Crippen LogP contribution in [0.4, 0.5) is 11.4 Å². The molecule has 16 heavy (non-hydrogen) atoms. The van der Waals surface area contributed by atoms with E-state index in [1.807, 2.05) is 0 Å². The summed E-state index contributed by atoms with van der Waals surface area (Å²) in [4.78, 5) is 0. The van der Waals surface area contributed by atoms with Crippen molar-refractivity contribution in [3.05, 3.63) is 48.5 Å². The lowest BCUT2D eigenvalue weighted by Gasteiger charge is -2.18. The molecule has 0 saturated carbocycles. The second kappa shape index (κ2) is 4.12. The molecule has 2 rings (SSSR count). The number of rotatable bonds is 2. The number of hydrogen-bond acceptors (Lipinski definition) is 4. The predicted octanol–water partition coefficient (Wildman–Crippen LogP) is 1.99. The standard InChI is InChI=1S/C12H11NO3/c14-11-5-1-9(2-6-11)13(16)10-3-7-12(15)8-4-10/h1-8,14-16H/p-1. The summed E-state index contributed by atoms with van der Waals surface area (Å²) in [6.45, 7) is 0. The summed E-state index contributed by atoms with van der Waals surface area (Å²) in [6.07, 6.45) is 0. The van der Waals surface area contributed by atoms with Gasteiger partial charge in [0.15, 0.2) is 0 Å². The highest BCUT2D eigenvalue weighted by Gasteiger charge is 2.04. The fourth-order valence-corrected chi connectivity index (χ4v) is 1.33. The molecule has 0 saturated heterocycles. The van der Waals surface area contributed by atoms with E-state index in [0.29, 0.717) is 11.4 Å². The molecular formula is C12H10NO3-. The second-order valence-corrected chi connectivity index (χ2v) is 3.32. The Kier molecular flexibility index (Phi) is 2.66. The van der Waals surface area contributed by atoms with Crippen molar-refractivity contribution in [1.29, 1.82) is 0 Å². The zero-order chi connectivity index (χ0) is 11.5. The molecule has 82 valence electrons. The maximum atomic E-state index is 10.9. The van der Waals surface area contributed by atoms with Gasteiger partial charge in [0, 0.05) is 0 Å². The Balaban J connectivity index is 2.28. The summed E-state index contributed by atoms with van der Waals surface area (Å²) < 4.78 is 0. The lowest BCUT2D eigenvalue weighted by atomic mass is 10.2. The van der Waals surface area contributed by atoms with Crippen LogP contribution in [0.25, 0.3) is 0 Å². The third kappa shape index (κ3) is 2.07. The highest BCUT2D eigenvalue weighted by molar-refractivity contribution is 5.61. The zero-order valence-corrected chi connectivity index (χ0v) is 8.37. The first-order valence-corrected chi connectivity index (χ1v) is 4.72. The van der Waals surface area contributed by atoms with Crippen molar-refractivity contribution >= 4 is 11.4 Å². The molecule has 2 aromatic carbocycles. The minimum atomic E-state index is -0.108. The van der Waals surface area contributed by atoms with E-state index in [2.05, 4.69) is 0 Å². The molecule has 4 nitrogen and oxygen atoms in total. The van der Waals surface area contributed by atoms with Crippen LogP contribution < -0.4 is 10.2 Å². The molecule has 0 aromatic heterocycles. The summed E-state index contributed by atoms with van der Waals surface area (Å²) in [5, 5.41) is 30.8. The Morgan fingerprint density at radius 3 is 1.75 bits per heavy atom. The maximum absolute atomic E-state index is 10.9. The molecule has 0 fully saturated rings. The van der Waals surface area contributed by atoms with Gasteiger partial charge < -0.3 is 10.2 Å². The summed E-state index contributed by atoms with van der Waals surface area (Å²) in [7, 11) is 0. The van der Waals surface area contributed by atoms with Crippen molar-refractivity contribution in [2.75, 3.05) is 5.06 Å². The first-order chi connectivity index (χ1) is 7.66. The van der Waals surface area contributed by atoms with Gasteiger partial charge in [-0.15, -0.1) is 5.75 Å². The second-order valence-electron chi connectivity index (χ2n) is 3.32. The van der Waals surface area contributed by atoms with E-state index in [4.69, 9.17) is 5.11 Å². The first kappa shape index (κ1) is 10.3. The van der Waals surface area contributed by atoms with E-state index < -0.39 is 0 Å². The van der Waals surface area contributed by atoms with Gasteiger partial charge in [-0.3, -0.25) is 5.21 Å². The Morgan fingerprint density at radius 1 is 0.812 bits per heavy atom. The molecule has 4 heteroatoms. The highest BCUT2D eigenvalue weighted by atomic mass is 16.5. The Morgan fingerprint density at radius 2 is 1.25 bits per heavy atom. The van der Waals surface area contributed by atoms with E-state index in [1.54, 1.807) is 12.1 Å². The van der Waals surface area contributed by atoms with Crippen LogP contribution in [0.2, 0.25) is 0 Å². The zero-order valence-electron chi connectivity index (χ0n) is 8.37. The average Bonchev–Trinajstić information content (AvgIpc) is 2.30. The summed E-state index contributed by atoms with van der Waals surface area (Å²) in [5.74, 6) is 0.0231. The summed E-state index contributed by atoms with van der Waals surface area (Å²) in [6, 6.07) is 11.9. The number of phenolic OH excluding ortho intramolecular Hbond substituents is 1. The smallest absolute Gasteiger partial charge is 0.115 e. The van der Waals surface area contributed by atoms with Gasteiger partial charge >= 0.3 is 0 Å². The molecular weight excluding hydrogens is 206 g/mol. The molecule has 0 aliphatic rings. The molecule has 0 heterocycles. The van der Waals surface area contributed by atoms with Gasteiger partial charge in [-0.1, -0.05) is 12.1 Å². The molecule has 0 aliphatic heterocycles. The van der Waals surface area contributed by atoms with Crippen LogP contribution in [-0.2, 0) is 0 Å². The van der Waals surface area contributed by atoms with Gasteiger partial charge in [0.1, 0.15) is 5.75 Å². The quantitative estimate of drug-likeness (QED) is 0.753. The minimum absolute atomic E-state index is 0.108. The Labute approximate surface area is 92.6 Å². The van der Waals surface area contributed by atoms with Crippen molar-refractivity contribution in [3.63, 3.8) is 0 Å². The number of benzene rings is 2. The van der Waals surface area contributed by atoms with Gasteiger partial charge in [-0.25, -0.2) is 5.06 Å². The molecule has 0 amide bonds. The molecule has 2 N–H and O–H groups in total. The van der Waals surface area contributed by atoms with Crippen molar-refractivity contribution in [2.24, 2.45) is 0 Å². The van der Waals surface area contributed by atoms with E-state index in [-0.39, 0.29) is 11.5 Å². The molecule has 0 spiro atoms. The van der Waals surface area contributed by atoms with Gasteiger partial charge in [0.2, 0.25) is 0 Å². The van der Waals surface area contributed by atoms with E-state index in [1.165, 1.54) is 36.4 Å². The number of anilines is 2. The summed E-state index contributed by atoms with van der Waals surface area (Å²) >= 11 is 0. The molecule has 2 aromatic rings. The Hall–Kier alpha value is -2.20. The number of aromatic hydroxyl groups is 1. The molecule has 0 atom stereocenters. The van der Waals surface area contributed by atoms with Gasteiger partial charge in [0.25, 0.3) is 0 Å². The van der Waals surface area contributed by atoms with Gasteiger partial charge in [-0.2, -0.15) is 0 Å². The number of phenols is 1. The third-order valence-corrected chi connectivity index (χ3v) is 2.18. The van der Waals surface area contributed by atoms with Crippen molar-refractivity contribution in [2.45, 2.75) is 0 Å². The lowest BCUT2D eigenvalue weighted by Crippen LogP contribution is -2.10. The fraction of sp³-hybridized carbons (Fsp3) is 0. The first-order valence-electron chi connectivity index (χ1n) is 4.72. The fourth-order valence-electron chi connectivity index (χ4n) is 1.33. The topological polar surface area (TPSA) is 66.8 Å². The third-order valence-electron chi connectivity index (χ3n) is 2.18. The van der Waals surface area contributed by atoms with Crippen LogP contribution in [0.1, 0.15) is 0 Å². The van der Waals surface area contributed by atoms with Gasteiger partial charge in [0.05, 0.1) is 11.4 Å². The van der Waals surface area contributed by atoms with Crippen LogP contribution in [0, 0.1) is 0 Å². The molecule has 0 radical (unpaired) electrons. The van der Waals surface area contributed by atoms with Crippen LogP contribution in [-0.4, -0.2) is 10.3 Å². The minimum Gasteiger partial charge on any atom is -0.872 e. The number of hydrogen-bond donors (Lipinski definition) is 2. The van der Waals surface area contributed by atoms with Crippen molar-refractivity contribution < 1.29 is 15.4 Å². The van der Waals surface area contributed by atoms with E-state index in [0.717, 1.165) is 5.06 Å².